The first kappa shape index (κ1) is 52.8. The van der Waals surface area contributed by atoms with E-state index in [0.29, 0.717) is 6.42 Å². The lowest BCUT2D eigenvalue weighted by molar-refractivity contribution is -0.316. The Morgan fingerprint density at radius 2 is 1.39 bits per heavy atom. The van der Waals surface area contributed by atoms with Crippen LogP contribution in [0.5, 0.6) is 0 Å². The molecule has 3 heterocycles. The van der Waals surface area contributed by atoms with Crippen molar-refractivity contribution in [2.45, 2.75) is 225 Å². The molecule has 0 amide bonds. The number of hydrogen-bond donors (Lipinski definition) is 4. The normalized spacial score (nSPS) is 46.5. The van der Waals surface area contributed by atoms with Crippen molar-refractivity contribution < 1.29 is 62.5 Å². The highest BCUT2D eigenvalue weighted by Gasteiger charge is 2.54. The van der Waals surface area contributed by atoms with Crippen LogP contribution in [0.1, 0.15) is 94.9 Å². The van der Waals surface area contributed by atoms with Gasteiger partial charge in [0.05, 0.1) is 59.8 Å². The number of cyclic esters (lactones) is 1. The average molecular weight is 880 g/mol. The molecule has 0 aromatic carbocycles. The molecule has 0 aromatic rings. The first-order valence-corrected chi connectivity index (χ1v) is 28.8. The van der Waals surface area contributed by atoms with Crippen LogP contribution in [0.4, 0.5) is 0 Å². The van der Waals surface area contributed by atoms with Crippen molar-refractivity contribution in [1.82, 2.24) is 4.90 Å². The number of esters is 1. The Bertz CT molecular complexity index is 1340. The van der Waals surface area contributed by atoms with Crippen LogP contribution in [0.15, 0.2) is 0 Å². The Morgan fingerprint density at radius 3 is 1.90 bits per heavy atom. The molecule has 14 nitrogen and oxygen atoms in total. The van der Waals surface area contributed by atoms with Crippen molar-refractivity contribution in [3.05, 3.63) is 0 Å². The molecule has 4 N–H and O–H groups in total. The second kappa shape index (κ2) is 20.1. The molecular weight excluding hydrogens is 795 g/mol. The molecule has 2 unspecified atom stereocenters. The first-order chi connectivity index (χ1) is 26.8. The zero-order chi connectivity index (χ0) is 45.4. The first-order valence-electron chi connectivity index (χ1n) is 22.0. The third-order valence-corrected chi connectivity index (χ3v) is 14.9. The Morgan fingerprint density at radius 1 is 0.814 bits per heavy atom. The van der Waals surface area contributed by atoms with Crippen LogP contribution < -0.4 is 0 Å². The lowest BCUT2D eigenvalue weighted by Crippen LogP contribution is -2.63. The van der Waals surface area contributed by atoms with Gasteiger partial charge in [-0.15, -0.1) is 0 Å². The molecule has 0 spiro atoms. The van der Waals surface area contributed by atoms with Crippen LogP contribution in [0, 0.1) is 23.7 Å². The molecule has 3 fully saturated rings. The van der Waals surface area contributed by atoms with E-state index in [2.05, 4.69) is 44.2 Å². The molecule has 0 bridgehead atoms. The van der Waals surface area contributed by atoms with Gasteiger partial charge in [-0.25, -0.2) is 0 Å². The fourth-order valence-corrected chi connectivity index (χ4v) is 12.0. The minimum Gasteiger partial charge on any atom is -0.459 e. The van der Waals surface area contributed by atoms with Gasteiger partial charge in [-0.1, -0.05) is 27.7 Å². The van der Waals surface area contributed by atoms with E-state index < -0.39 is 118 Å². The van der Waals surface area contributed by atoms with E-state index in [0.717, 1.165) is 0 Å². The topological polar surface area (TPSA) is 175 Å². The number of carbonyl (C=O) groups excluding carboxylic acids is 1. The Hall–Kier alpha value is -0.576. The van der Waals surface area contributed by atoms with Gasteiger partial charge in [0.25, 0.3) is 0 Å². The van der Waals surface area contributed by atoms with E-state index in [4.69, 9.17) is 37.3 Å². The predicted molar refractivity (Wildman–Crippen MR) is 232 cm³/mol. The maximum absolute atomic E-state index is 14.5. The number of nitrogens with zero attached hydrogens (tertiary/aromatic N) is 1. The lowest BCUT2D eigenvalue weighted by Gasteiger charge is -2.51. The third kappa shape index (κ3) is 13.0. The summed E-state index contributed by atoms with van der Waals surface area (Å²) in [6.45, 7) is 30.5. The standard InChI is InChI=1S/C43H85NO13Si2/c1-20-31-43(10,49)36(46)26(4)33(45)24(2)22-41(8,48)37(55-40-35(56-58(14,15)16)30(44(11)12)21-25(3)51-40)27(5)34(28(6)39(47)53-31)54-32-23-42(9,50-13)38(29(7)52-32)57-59(17,18)19/h24-38,40,45-46,48-49H,20-23H2,1-19H3/t24-,25-,26+,27+,28-,29+,30+,31-,32?,33+,34+,35-,36-,37-,38+,40?,41+,42-,43-/m1/s1. The predicted octanol–water partition coefficient (Wildman–Crippen LogP) is 5.30. The number of aliphatic hydroxyl groups excluding tert-OH is 2. The zero-order valence-electron chi connectivity index (χ0n) is 40.0. The van der Waals surface area contributed by atoms with E-state index in [9.17, 15) is 25.2 Å². The van der Waals surface area contributed by atoms with Crippen LogP contribution in [0.25, 0.3) is 0 Å². The molecule has 0 radical (unpaired) electrons. The van der Waals surface area contributed by atoms with Crippen molar-refractivity contribution in [2.75, 3.05) is 21.2 Å². The van der Waals surface area contributed by atoms with Gasteiger partial charge in [-0.05, 0) is 120 Å². The summed E-state index contributed by atoms with van der Waals surface area (Å²) in [7, 11) is 1.44. The molecule has 16 heteroatoms. The molecule has 19 atom stereocenters. The van der Waals surface area contributed by atoms with Crippen molar-refractivity contribution >= 4 is 22.6 Å². The Balaban J connectivity index is 2.25. The number of hydrogen-bond acceptors (Lipinski definition) is 14. The maximum atomic E-state index is 14.5. The number of carbonyl (C=O) groups is 1. The number of aliphatic hydroxyl groups is 4. The summed E-state index contributed by atoms with van der Waals surface area (Å²) in [6, 6.07) is -0.0628. The van der Waals surface area contributed by atoms with Crippen LogP contribution in [-0.2, 0) is 42.1 Å². The molecule has 348 valence electrons. The van der Waals surface area contributed by atoms with Gasteiger partial charge >= 0.3 is 5.97 Å². The summed E-state index contributed by atoms with van der Waals surface area (Å²) in [5, 5.41) is 48.0. The average Bonchev–Trinajstić information content (AvgIpc) is 3.10. The highest BCUT2D eigenvalue weighted by molar-refractivity contribution is 6.70. The summed E-state index contributed by atoms with van der Waals surface area (Å²) in [4.78, 5) is 16.6. The number of rotatable bonds is 11. The third-order valence-electron chi connectivity index (χ3n) is 13.0. The minimum atomic E-state index is -2.18. The van der Waals surface area contributed by atoms with E-state index in [-0.39, 0.29) is 37.5 Å². The highest BCUT2D eigenvalue weighted by Crippen LogP contribution is 2.42. The van der Waals surface area contributed by atoms with E-state index in [1.165, 1.54) is 6.92 Å². The summed E-state index contributed by atoms with van der Waals surface area (Å²) >= 11 is 0. The second-order valence-electron chi connectivity index (χ2n) is 21.1. The fraction of sp³-hybridized carbons (Fsp3) is 0.977. The summed E-state index contributed by atoms with van der Waals surface area (Å²) in [6.07, 6.45) is -7.94. The largest absolute Gasteiger partial charge is 0.459 e. The zero-order valence-corrected chi connectivity index (χ0v) is 42.0. The van der Waals surface area contributed by atoms with Gasteiger partial charge in [0.1, 0.15) is 17.8 Å². The monoisotopic (exact) mass is 880 g/mol. The van der Waals surface area contributed by atoms with Gasteiger partial charge in [0.15, 0.2) is 29.2 Å². The number of ether oxygens (including phenoxy) is 6. The Labute approximate surface area is 358 Å². The Kier molecular flexibility index (Phi) is 18.0. The molecular formula is C43H85NO13Si2. The molecule has 59 heavy (non-hydrogen) atoms. The SMILES string of the molecule is CC[C@H]1OC(=O)[C@H](C)[C@@H](OC2C[C@@](C)(OC)[C@@H](O[Si](C)(C)C)[C@H](C)O2)[C@H](C)[C@@H](OC2O[C@H](C)C[C@H](N(C)C)[C@H]2O[Si](C)(C)C)[C@@](C)(O)C[C@@H](C)[C@H](O)[C@H](C)[C@@H](O)[C@]1(C)O. The van der Waals surface area contributed by atoms with E-state index in [1.807, 2.05) is 41.8 Å². The van der Waals surface area contributed by atoms with E-state index >= 15 is 0 Å². The van der Waals surface area contributed by atoms with Crippen molar-refractivity contribution in [2.24, 2.45) is 23.7 Å². The molecule has 3 aliphatic heterocycles. The quantitative estimate of drug-likeness (QED) is 0.156. The summed E-state index contributed by atoms with van der Waals surface area (Å²) in [5.74, 6) is -3.85. The number of likely N-dealkylation sites (N-methyl/N-ethyl adjacent to an activating group) is 1. The second-order valence-corrected chi connectivity index (χ2v) is 30.0. The molecule has 3 aliphatic rings. The van der Waals surface area contributed by atoms with Gasteiger partial charge in [-0.3, -0.25) is 4.79 Å². The molecule has 3 saturated heterocycles. The number of methoxy groups -OCH3 is 1. The van der Waals surface area contributed by atoms with Gasteiger partial charge < -0.3 is 62.6 Å². The minimum absolute atomic E-state index is 0.0263. The van der Waals surface area contributed by atoms with Crippen LogP contribution in [0.2, 0.25) is 39.3 Å². The van der Waals surface area contributed by atoms with Crippen LogP contribution in [0.3, 0.4) is 0 Å². The lowest BCUT2D eigenvalue weighted by atomic mass is 9.73. The van der Waals surface area contributed by atoms with Crippen molar-refractivity contribution in [3.63, 3.8) is 0 Å². The van der Waals surface area contributed by atoms with Gasteiger partial charge in [0.2, 0.25) is 0 Å². The molecule has 3 rings (SSSR count). The van der Waals surface area contributed by atoms with Crippen LogP contribution >= 0.6 is 0 Å². The summed E-state index contributed by atoms with van der Waals surface area (Å²) in [5.41, 5.74) is -4.40. The smallest absolute Gasteiger partial charge is 0.311 e. The maximum Gasteiger partial charge on any atom is 0.311 e. The van der Waals surface area contributed by atoms with Gasteiger partial charge in [-0.2, -0.15) is 0 Å². The van der Waals surface area contributed by atoms with Gasteiger partial charge in [0, 0.05) is 31.4 Å². The molecule has 0 aromatic heterocycles. The fourth-order valence-electron chi connectivity index (χ4n) is 9.70. The van der Waals surface area contributed by atoms with Crippen molar-refractivity contribution in [3.8, 4) is 0 Å². The molecule has 0 saturated carbocycles. The molecule has 0 aliphatic carbocycles. The highest BCUT2D eigenvalue weighted by atomic mass is 28.4. The van der Waals surface area contributed by atoms with Crippen molar-refractivity contribution in [1.29, 1.82) is 0 Å². The summed E-state index contributed by atoms with van der Waals surface area (Å²) < 4.78 is 52.9. The van der Waals surface area contributed by atoms with E-state index in [1.54, 1.807) is 41.7 Å². The van der Waals surface area contributed by atoms with Crippen LogP contribution in [-0.4, -0.2) is 159 Å².